The van der Waals surface area contributed by atoms with Crippen molar-refractivity contribution in [1.29, 1.82) is 0 Å². The fourth-order valence-electron chi connectivity index (χ4n) is 3.61. The first-order valence-electron chi connectivity index (χ1n) is 7.14. The maximum absolute atomic E-state index is 13.3. The van der Waals surface area contributed by atoms with Crippen LogP contribution in [0.15, 0.2) is 17.5 Å². The van der Waals surface area contributed by atoms with Crippen molar-refractivity contribution in [3.63, 3.8) is 0 Å². The van der Waals surface area contributed by atoms with Crippen molar-refractivity contribution in [2.75, 3.05) is 13.1 Å². The van der Waals surface area contributed by atoms with Crippen molar-refractivity contribution in [2.45, 2.75) is 43.8 Å². The van der Waals surface area contributed by atoms with Crippen LogP contribution >= 0.6 is 22.7 Å². The van der Waals surface area contributed by atoms with Crippen LogP contribution in [0.25, 0.3) is 9.40 Å². The largest absolute Gasteiger partial charge is 0.297 e. The van der Waals surface area contributed by atoms with Gasteiger partial charge in [0, 0.05) is 33.4 Å². The molecule has 3 atom stereocenters. The van der Waals surface area contributed by atoms with Crippen LogP contribution in [0.3, 0.4) is 0 Å². The Morgan fingerprint density at radius 2 is 2.16 bits per heavy atom. The Balaban J connectivity index is 1.48. The van der Waals surface area contributed by atoms with Gasteiger partial charge in [-0.25, -0.2) is 4.39 Å². The molecule has 2 aromatic rings. The van der Waals surface area contributed by atoms with E-state index in [1.165, 1.54) is 28.7 Å². The van der Waals surface area contributed by atoms with Gasteiger partial charge in [0.2, 0.25) is 0 Å². The molecule has 0 amide bonds. The Labute approximate surface area is 121 Å². The van der Waals surface area contributed by atoms with E-state index >= 15 is 0 Å². The van der Waals surface area contributed by atoms with E-state index in [1.807, 2.05) is 22.7 Å². The van der Waals surface area contributed by atoms with Gasteiger partial charge in [0.05, 0.1) is 0 Å². The summed E-state index contributed by atoms with van der Waals surface area (Å²) in [7, 11) is 0. The minimum Gasteiger partial charge on any atom is -0.297 e. The highest BCUT2D eigenvalue weighted by Crippen LogP contribution is 2.43. The van der Waals surface area contributed by atoms with Crippen LogP contribution in [0.1, 0.15) is 36.5 Å². The van der Waals surface area contributed by atoms with E-state index in [9.17, 15) is 4.39 Å². The zero-order valence-corrected chi connectivity index (χ0v) is 12.5. The highest BCUT2D eigenvalue weighted by molar-refractivity contribution is 7.26. The SMILES string of the molecule is FC1CCN(C2CCC(c3cc4sccc4s3)C2)C1. The lowest BCUT2D eigenvalue weighted by Crippen LogP contribution is -2.31. The first-order chi connectivity index (χ1) is 9.29. The minimum absolute atomic E-state index is 0.578. The maximum atomic E-state index is 13.3. The van der Waals surface area contributed by atoms with Crippen LogP contribution in [0.5, 0.6) is 0 Å². The number of hydrogen-bond donors (Lipinski definition) is 0. The van der Waals surface area contributed by atoms with Crippen molar-refractivity contribution >= 4 is 32.1 Å². The average molecular weight is 295 g/mol. The van der Waals surface area contributed by atoms with Crippen LogP contribution < -0.4 is 0 Å². The van der Waals surface area contributed by atoms with Crippen LogP contribution in [-0.4, -0.2) is 30.2 Å². The Bertz CT molecular complexity index is 547. The molecule has 0 radical (unpaired) electrons. The summed E-state index contributed by atoms with van der Waals surface area (Å²) in [6, 6.07) is 5.25. The lowest BCUT2D eigenvalue weighted by atomic mass is 10.1. The Kier molecular flexibility index (Phi) is 3.13. The average Bonchev–Trinajstić information content (AvgIpc) is 3.10. The van der Waals surface area contributed by atoms with Gasteiger partial charge in [-0.15, -0.1) is 22.7 Å². The van der Waals surface area contributed by atoms with E-state index in [0.717, 1.165) is 13.0 Å². The fraction of sp³-hybridized carbons (Fsp3) is 0.600. The molecule has 1 aliphatic heterocycles. The van der Waals surface area contributed by atoms with Gasteiger partial charge in [-0.3, -0.25) is 4.90 Å². The maximum Gasteiger partial charge on any atom is 0.114 e. The number of hydrogen-bond acceptors (Lipinski definition) is 3. The topological polar surface area (TPSA) is 3.24 Å². The molecule has 1 aliphatic carbocycles. The van der Waals surface area contributed by atoms with E-state index in [-0.39, 0.29) is 0 Å². The number of halogens is 1. The molecule has 0 spiro atoms. The fourth-order valence-corrected chi connectivity index (χ4v) is 5.88. The van der Waals surface area contributed by atoms with E-state index in [1.54, 1.807) is 4.88 Å². The second-order valence-corrected chi connectivity index (χ2v) is 7.91. The third kappa shape index (κ3) is 2.24. The minimum atomic E-state index is -0.578. The normalized spacial score (nSPS) is 32.6. The first kappa shape index (κ1) is 12.3. The summed E-state index contributed by atoms with van der Waals surface area (Å²) in [5.74, 6) is 0.716. The standard InChI is InChI=1S/C15H18FNS2/c16-11-3-5-17(9-11)12-2-1-10(7-12)14-8-15-13(19-14)4-6-18-15/h4,6,8,10-12H,1-3,5,7,9H2. The molecule has 1 nitrogen and oxygen atoms in total. The Morgan fingerprint density at radius 3 is 2.95 bits per heavy atom. The zero-order chi connectivity index (χ0) is 12.8. The van der Waals surface area contributed by atoms with Gasteiger partial charge in [0.25, 0.3) is 0 Å². The highest BCUT2D eigenvalue weighted by atomic mass is 32.1. The zero-order valence-electron chi connectivity index (χ0n) is 10.8. The number of alkyl halides is 1. The monoisotopic (exact) mass is 295 g/mol. The number of nitrogens with zero attached hydrogens (tertiary/aromatic N) is 1. The summed E-state index contributed by atoms with van der Waals surface area (Å²) < 4.78 is 16.2. The van der Waals surface area contributed by atoms with E-state index < -0.39 is 6.17 Å². The molecular weight excluding hydrogens is 277 g/mol. The molecule has 0 N–H and O–H groups in total. The van der Waals surface area contributed by atoms with Gasteiger partial charge in [-0.2, -0.15) is 0 Å². The number of likely N-dealkylation sites (tertiary alicyclic amines) is 1. The summed E-state index contributed by atoms with van der Waals surface area (Å²) in [4.78, 5) is 3.95. The molecule has 1 saturated carbocycles. The smallest absolute Gasteiger partial charge is 0.114 e. The van der Waals surface area contributed by atoms with Gasteiger partial charge < -0.3 is 0 Å². The summed E-state index contributed by atoms with van der Waals surface area (Å²) >= 11 is 3.81. The van der Waals surface area contributed by atoms with E-state index in [0.29, 0.717) is 18.5 Å². The summed E-state index contributed by atoms with van der Waals surface area (Å²) in [6.45, 7) is 1.65. The molecule has 4 rings (SSSR count). The summed E-state index contributed by atoms with van der Waals surface area (Å²) in [5, 5.41) is 2.17. The molecule has 1 saturated heterocycles. The van der Waals surface area contributed by atoms with E-state index in [2.05, 4.69) is 22.4 Å². The van der Waals surface area contributed by atoms with Gasteiger partial charge >= 0.3 is 0 Å². The number of thiophene rings is 2. The number of rotatable bonds is 2. The Hall–Kier alpha value is -0.450. The Morgan fingerprint density at radius 1 is 1.21 bits per heavy atom. The highest BCUT2D eigenvalue weighted by Gasteiger charge is 2.34. The summed E-state index contributed by atoms with van der Waals surface area (Å²) in [6.07, 6.45) is 3.94. The van der Waals surface area contributed by atoms with Crippen molar-refractivity contribution < 1.29 is 4.39 Å². The van der Waals surface area contributed by atoms with Crippen LogP contribution in [0, 0.1) is 0 Å². The third-order valence-electron chi connectivity index (χ3n) is 4.64. The molecule has 3 unspecified atom stereocenters. The third-order valence-corrected chi connectivity index (χ3v) is 6.90. The molecule has 102 valence electrons. The summed E-state index contributed by atoms with van der Waals surface area (Å²) in [5.41, 5.74) is 0. The second kappa shape index (κ2) is 4.83. The molecule has 0 aromatic carbocycles. The molecule has 2 fully saturated rings. The molecule has 2 aromatic heterocycles. The first-order valence-corrected chi connectivity index (χ1v) is 8.84. The quantitative estimate of drug-likeness (QED) is 0.780. The molecule has 19 heavy (non-hydrogen) atoms. The molecule has 4 heteroatoms. The van der Waals surface area contributed by atoms with Gasteiger partial charge in [0.15, 0.2) is 0 Å². The predicted molar refractivity (Wildman–Crippen MR) is 81.2 cm³/mol. The lowest BCUT2D eigenvalue weighted by molar-refractivity contribution is 0.222. The molecular formula is C15H18FNS2. The van der Waals surface area contributed by atoms with Gasteiger partial charge in [0.1, 0.15) is 6.17 Å². The number of fused-ring (bicyclic) bond motifs is 1. The van der Waals surface area contributed by atoms with E-state index in [4.69, 9.17) is 0 Å². The van der Waals surface area contributed by atoms with Gasteiger partial charge in [-0.1, -0.05) is 0 Å². The van der Waals surface area contributed by atoms with Crippen molar-refractivity contribution in [1.82, 2.24) is 4.90 Å². The molecule has 2 aliphatic rings. The van der Waals surface area contributed by atoms with Crippen LogP contribution in [0.2, 0.25) is 0 Å². The predicted octanol–water partition coefficient (Wildman–Crippen LogP) is 4.64. The van der Waals surface area contributed by atoms with Crippen LogP contribution in [-0.2, 0) is 0 Å². The van der Waals surface area contributed by atoms with Crippen molar-refractivity contribution in [3.05, 3.63) is 22.4 Å². The molecule has 0 bridgehead atoms. The lowest BCUT2D eigenvalue weighted by Gasteiger charge is -2.23. The van der Waals surface area contributed by atoms with Crippen LogP contribution in [0.4, 0.5) is 4.39 Å². The van der Waals surface area contributed by atoms with Crippen molar-refractivity contribution in [3.8, 4) is 0 Å². The van der Waals surface area contributed by atoms with Gasteiger partial charge in [-0.05, 0) is 49.1 Å². The second-order valence-electron chi connectivity index (χ2n) is 5.84. The molecule has 3 heterocycles. The van der Waals surface area contributed by atoms with Crippen molar-refractivity contribution in [2.24, 2.45) is 0 Å².